The van der Waals surface area contributed by atoms with Crippen LogP contribution in [0.1, 0.15) is 22.3 Å². The summed E-state index contributed by atoms with van der Waals surface area (Å²) >= 11 is 0. The summed E-state index contributed by atoms with van der Waals surface area (Å²) in [7, 11) is 0. The quantitative estimate of drug-likeness (QED) is 0.156. The van der Waals surface area contributed by atoms with E-state index in [1.54, 1.807) is 0 Å². The van der Waals surface area contributed by atoms with Crippen LogP contribution in [0, 0.1) is 0 Å². The van der Waals surface area contributed by atoms with Crippen molar-refractivity contribution in [1.82, 2.24) is 0 Å². The van der Waals surface area contributed by atoms with E-state index in [0.29, 0.717) is 0 Å². The largest absolute Gasteiger partial charge is 0.356 e. The van der Waals surface area contributed by atoms with Crippen molar-refractivity contribution in [3.8, 4) is 33.4 Å². The lowest BCUT2D eigenvalue weighted by molar-refractivity contribution is 1.50. The number of anilines is 4. The Kier molecular flexibility index (Phi) is 8.90. The minimum absolute atomic E-state index is 1.01. The monoisotopic (exact) mass is 592 g/mol. The van der Waals surface area contributed by atoms with Crippen molar-refractivity contribution >= 4 is 47.1 Å². The van der Waals surface area contributed by atoms with Crippen LogP contribution >= 0.6 is 0 Å². The van der Waals surface area contributed by atoms with Crippen molar-refractivity contribution in [2.75, 3.05) is 10.6 Å². The predicted octanol–water partition coefficient (Wildman–Crippen LogP) is 12.7. The maximum absolute atomic E-state index is 3.97. The van der Waals surface area contributed by atoms with E-state index in [2.05, 4.69) is 170 Å². The van der Waals surface area contributed by atoms with Gasteiger partial charge in [-0.1, -0.05) is 142 Å². The first-order chi connectivity index (χ1) is 22.6. The van der Waals surface area contributed by atoms with E-state index in [4.69, 9.17) is 0 Å². The Morgan fingerprint density at radius 2 is 0.674 bits per heavy atom. The Hall–Kier alpha value is -6.12. The van der Waals surface area contributed by atoms with Gasteiger partial charge in [-0.05, 0) is 92.5 Å². The Labute approximate surface area is 272 Å². The van der Waals surface area contributed by atoms with E-state index < -0.39 is 0 Å². The van der Waals surface area contributed by atoms with Crippen molar-refractivity contribution < 1.29 is 0 Å². The molecule has 0 saturated carbocycles. The summed E-state index contributed by atoms with van der Waals surface area (Å²) in [4.78, 5) is 0. The Morgan fingerprint density at radius 1 is 0.326 bits per heavy atom. The fraction of sp³-hybridized carbons (Fsp3) is 0. The van der Waals surface area contributed by atoms with Crippen LogP contribution in [0.5, 0.6) is 0 Å². The van der Waals surface area contributed by atoms with Gasteiger partial charge < -0.3 is 10.6 Å². The first-order valence-electron chi connectivity index (χ1n) is 15.3. The smallest absolute Gasteiger partial charge is 0.0470 e. The number of hydrogen-bond acceptors (Lipinski definition) is 2. The van der Waals surface area contributed by atoms with Crippen molar-refractivity contribution in [2.24, 2.45) is 0 Å². The average molecular weight is 593 g/mol. The van der Waals surface area contributed by atoms with Crippen LogP contribution in [0.2, 0.25) is 0 Å². The predicted molar refractivity (Wildman–Crippen MR) is 203 cm³/mol. The van der Waals surface area contributed by atoms with Gasteiger partial charge >= 0.3 is 0 Å². The molecule has 0 fully saturated rings. The second kappa shape index (κ2) is 13.7. The summed E-state index contributed by atoms with van der Waals surface area (Å²) in [5, 5.41) is 7.24. The van der Waals surface area contributed by atoms with Gasteiger partial charge in [-0.2, -0.15) is 0 Å². The third-order valence-electron chi connectivity index (χ3n) is 8.13. The highest BCUT2D eigenvalue weighted by Crippen LogP contribution is 2.45. The molecule has 2 heteroatoms. The molecule has 0 aliphatic heterocycles. The van der Waals surface area contributed by atoms with Gasteiger partial charge in [-0.15, -0.1) is 0 Å². The van der Waals surface area contributed by atoms with Gasteiger partial charge in [0.1, 0.15) is 0 Å². The molecule has 6 aromatic rings. The molecule has 0 radical (unpaired) electrons. The molecule has 0 bridgehead atoms. The van der Waals surface area contributed by atoms with Gasteiger partial charge in [0.05, 0.1) is 0 Å². The van der Waals surface area contributed by atoms with E-state index in [1.165, 1.54) is 0 Å². The van der Waals surface area contributed by atoms with Crippen LogP contribution in [-0.2, 0) is 0 Å². The highest BCUT2D eigenvalue weighted by atomic mass is 14.9. The van der Waals surface area contributed by atoms with E-state index >= 15 is 0 Å². The fourth-order valence-electron chi connectivity index (χ4n) is 5.58. The highest BCUT2D eigenvalue weighted by molar-refractivity contribution is 6.01. The molecular formula is C44H36N2. The van der Waals surface area contributed by atoms with E-state index in [1.807, 2.05) is 24.3 Å². The molecule has 6 aromatic carbocycles. The van der Waals surface area contributed by atoms with E-state index in [-0.39, 0.29) is 0 Å². The topological polar surface area (TPSA) is 24.1 Å². The van der Waals surface area contributed by atoms with Crippen LogP contribution in [0.4, 0.5) is 22.7 Å². The molecule has 222 valence electrons. The van der Waals surface area contributed by atoms with Crippen LogP contribution in [0.15, 0.2) is 160 Å². The molecule has 0 aromatic heterocycles. The zero-order chi connectivity index (χ0) is 31.9. The second-order valence-electron chi connectivity index (χ2n) is 11.0. The molecule has 6 rings (SSSR count). The van der Waals surface area contributed by atoms with Crippen molar-refractivity contribution in [3.05, 3.63) is 182 Å². The zero-order valence-corrected chi connectivity index (χ0v) is 25.8. The number of rotatable bonds is 11. The Morgan fingerprint density at radius 3 is 1.11 bits per heavy atom. The van der Waals surface area contributed by atoms with Crippen LogP contribution in [-0.4, -0.2) is 0 Å². The first kappa shape index (κ1) is 29.9. The van der Waals surface area contributed by atoms with Crippen molar-refractivity contribution in [2.45, 2.75) is 0 Å². The summed E-state index contributed by atoms with van der Waals surface area (Å²) in [6.45, 7) is 15.7. The lowest BCUT2D eigenvalue weighted by Crippen LogP contribution is -1.99. The normalized spacial score (nSPS) is 10.5. The van der Waals surface area contributed by atoms with Crippen molar-refractivity contribution in [1.29, 1.82) is 0 Å². The van der Waals surface area contributed by atoms with Gasteiger partial charge in [-0.3, -0.25) is 0 Å². The molecular weight excluding hydrogens is 556 g/mol. The lowest BCUT2D eigenvalue weighted by atomic mass is 9.86. The second-order valence-corrected chi connectivity index (χ2v) is 11.0. The number of hydrogen-bond donors (Lipinski definition) is 2. The molecule has 0 heterocycles. The fourth-order valence-corrected chi connectivity index (χ4v) is 5.58. The molecule has 0 aliphatic rings. The maximum atomic E-state index is 3.97. The van der Waals surface area contributed by atoms with Gasteiger partial charge in [-0.25, -0.2) is 0 Å². The molecule has 0 aliphatic carbocycles. The summed E-state index contributed by atoms with van der Waals surface area (Å²) < 4.78 is 0. The molecule has 2 nitrogen and oxygen atoms in total. The molecule has 0 amide bonds. The van der Waals surface area contributed by atoms with E-state index in [9.17, 15) is 0 Å². The summed E-state index contributed by atoms with van der Waals surface area (Å²) in [6.07, 6.45) is 7.46. The SMILES string of the molecule is C=Cc1ccc(Nc2ccc(-c3ccc(Nc4ccc(C=C)cc4)c(-c4ccc(C=C)cc4)c3-c3ccc(C=C)cc3)cc2)cc1. The van der Waals surface area contributed by atoms with Gasteiger partial charge in [0.2, 0.25) is 0 Å². The minimum Gasteiger partial charge on any atom is -0.356 e. The van der Waals surface area contributed by atoms with E-state index in [0.717, 1.165) is 78.4 Å². The van der Waals surface area contributed by atoms with Crippen LogP contribution in [0.3, 0.4) is 0 Å². The summed E-state index contributed by atoms with van der Waals surface area (Å²) in [5.41, 5.74) is 15.2. The third-order valence-corrected chi connectivity index (χ3v) is 8.13. The third kappa shape index (κ3) is 6.52. The standard InChI is InChI=1S/C44H36N2/c1-5-31-9-17-36(18-10-31)43-41(35-21-27-39(28-22-35)45-38-23-13-33(7-3)14-24-38)29-30-42(46-40-25-15-34(8-4)16-26-40)44(43)37-19-11-32(6-2)12-20-37/h5-30,45-46H,1-4H2. The number of nitrogens with one attached hydrogen (secondary N) is 2. The van der Waals surface area contributed by atoms with Gasteiger partial charge in [0, 0.05) is 28.3 Å². The summed E-state index contributed by atoms with van der Waals surface area (Å²) in [5.74, 6) is 0. The van der Waals surface area contributed by atoms with Crippen molar-refractivity contribution in [3.63, 3.8) is 0 Å². The molecule has 46 heavy (non-hydrogen) atoms. The first-order valence-corrected chi connectivity index (χ1v) is 15.3. The highest BCUT2D eigenvalue weighted by Gasteiger charge is 2.19. The Bertz CT molecular complexity index is 1990. The average Bonchev–Trinajstić information content (AvgIpc) is 3.12. The molecule has 0 spiro atoms. The minimum atomic E-state index is 1.01. The molecule has 2 N–H and O–H groups in total. The zero-order valence-electron chi connectivity index (χ0n) is 25.8. The molecule has 0 unspecified atom stereocenters. The van der Waals surface area contributed by atoms with Crippen LogP contribution in [0.25, 0.3) is 57.7 Å². The molecule has 0 atom stereocenters. The summed E-state index contributed by atoms with van der Waals surface area (Å²) in [6, 6.07) is 46.8. The van der Waals surface area contributed by atoms with Gasteiger partial charge in [0.15, 0.2) is 0 Å². The van der Waals surface area contributed by atoms with Crippen LogP contribution < -0.4 is 10.6 Å². The maximum Gasteiger partial charge on any atom is 0.0470 e. The Balaban J connectivity index is 1.50. The number of benzene rings is 6. The molecule has 0 saturated heterocycles. The lowest BCUT2D eigenvalue weighted by Gasteiger charge is -2.22. The van der Waals surface area contributed by atoms with Gasteiger partial charge in [0.25, 0.3) is 0 Å².